The van der Waals surface area contributed by atoms with Crippen LogP contribution in [0.1, 0.15) is 38.6 Å². The summed E-state index contributed by atoms with van der Waals surface area (Å²) in [7, 11) is 0. The molecule has 6 nitrogen and oxygen atoms in total. The van der Waals surface area contributed by atoms with Crippen molar-refractivity contribution in [3.05, 3.63) is 11.5 Å². The number of nitrogens with zero attached hydrogens (tertiary/aromatic N) is 1. The van der Waals surface area contributed by atoms with Crippen LogP contribution in [0, 0.1) is 12.8 Å². The van der Waals surface area contributed by atoms with Gasteiger partial charge in [0.15, 0.2) is 5.76 Å². The predicted molar refractivity (Wildman–Crippen MR) is 73.1 cm³/mol. The van der Waals surface area contributed by atoms with E-state index >= 15 is 0 Å². The van der Waals surface area contributed by atoms with E-state index in [9.17, 15) is 4.79 Å². The van der Waals surface area contributed by atoms with Crippen LogP contribution in [0.2, 0.25) is 0 Å². The molecule has 1 aromatic heterocycles. The molecule has 0 fully saturated rings. The van der Waals surface area contributed by atoms with Crippen molar-refractivity contribution < 1.29 is 14.4 Å². The first-order chi connectivity index (χ1) is 8.99. The summed E-state index contributed by atoms with van der Waals surface area (Å²) in [5.41, 5.74) is 1.29. The molecule has 1 atom stereocenters. The molecule has 0 aliphatic heterocycles. The number of aliphatic hydroxyl groups is 1. The third-order valence-electron chi connectivity index (χ3n) is 3.05. The van der Waals surface area contributed by atoms with Crippen molar-refractivity contribution >= 4 is 11.7 Å². The van der Waals surface area contributed by atoms with Gasteiger partial charge >= 0.3 is 6.03 Å². The van der Waals surface area contributed by atoms with Gasteiger partial charge in [0.25, 0.3) is 0 Å². The van der Waals surface area contributed by atoms with Crippen LogP contribution in [0.4, 0.5) is 10.5 Å². The number of amides is 2. The SMILES string of the molecule is CCc1onc(C)c1NC(=O)NC(CCO)C(C)C. The molecule has 0 radical (unpaired) electrons. The number of rotatable bonds is 6. The molecular formula is C13H23N3O3. The van der Waals surface area contributed by atoms with Gasteiger partial charge in [0, 0.05) is 19.1 Å². The Bertz CT molecular complexity index is 415. The zero-order valence-electron chi connectivity index (χ0n) is 12.0. The minimum Gasteiger partial charge on any atom is -0.396 e. The Hall–Kier alpha value is -1.56. The fraction of sp³-hybridized carbons (Fsp3) is 0.692. The van der Waals surface area contributed by atoms with E-state index in [0.29, 0.717) is 30.0 Å². The van der Waals surface area contributed by atoms with Gasteiger partial charge in [-0.25, -0.2) is 4.79 Å². The van der Waals surface area contributed by atoms with Gasteiger partial charge < -0.3 is 20.3 Å². The number of nitrogens with one attached hydrogen (secondary N) is 2. The standard InChI is InChI=1S/C13H23N3O3/c1-5-11-12(9(4)16-19-11)15-13(18)14-10(6-7-17)8(2)3/h8,10,17H,5-7H2,1-4H3,(H2,14,15,18). The summed E-state index contributed by atoms with van der Waals surface area (Å²) in [6.07, 6.45) is 1.20. The molecule has 0 saturated heterocycles. The van der Waals surface area contributed by atoms with Crippen LogP contribution in [0.15, 0.2) is 4.52 Å². The van der Waals surface area contributed by atoms with Crippen LogP contribution in [-0.2, 0) is 6.42 Å². The lowest BCUT2D eigenvalue weighted by molar-refractivity contribution is 0.227. The first-order valence-corrected chi connectivity index (χ1v) is 6.63. The number of aryl methyl sites for hydroxylation is 2. The molecule has 6 heteroatoms. The van der Waals surface area contributed by atoms with Crippen LogP contribution in [0.3, 0.4) is 0 Å². The number of anilines is 1. The number of carbonyl (C=O) groups excluding carboxylic acids is 1. The molecule has 0 aromatic carbocycles. The molecule has 2 amide bonds. The van der Waals surface area contributed by atoms with Gasteiger partial charge in [-0.05, 0) is 19.3 Å². The van der Waals surface area contributed by atoms with Crippen LogP contribution in [0.5, 0.6) is 0 Å². The van der Waals surface area contributed by atoms with Gasteiger partial charge in [0.1, 0.15) is 11.4 Å². The number of aromatic nitrogens is 1. The van der Waals surface area contributed by atoms with E-state index in [1.807, 2.05) is 20.8 Å². The average molecular weight is 269 g/mol. The van der Waals surface area contributed by atoms with E-state index in [1.54, 1.807) is 6.92 Å². The fourth-order valence-corrected chi connectivity index (χ4v) is 1.85. The van der Waals surface area contributed by atoms with Gasteiger partial charge in [-0.3, -0.25) is 0 Å². The molecule has 0 saturated carbocycles. The van der Waals surface area contributed by atoms with Crippen LogP contribution in [-0.4, -0.2) is 28.9 Å². The van der Waals surface area contributed by atoms with Crippen LogP contribution in [0.25, 0.3) is 0 Å². The topological polar surface area (TPSA) is 87.4 Å². The fourth-order valence-electron chi connectivity index (χ4n) is 1.85. The number of hydrogen-bond acceptors (Lipinski definition) is 4. The van der Waals surface area contributed by atoms with Crippen molar-refractivity contribution in [2.75, 3.05) is 11.9 Å². The highest BCUT2D eigenvalue weighted by atomic mass is 16.5. The van der Waals surface area contributed by atoms with Crippen molar-refractivity contribution in [1.29, 1.82) is 0 Å². The summed E-state index contributed by atoms with van der Waals surface area (Å²) in [5, 5.41) is 18.4. The predicted octanol–water partition coefficient (Wildman–Crippen LogP) is 2.07. The van der Waals surface area contributed by atoms with Crippen LogP contribution < -0.4 is 10.6 Å². The zero-order chi connectivity index (χ0) is 14.4. The van der Waals surface area contributed by atoms with E-state index in [0.717, 1.165) is 0 Å². The Morgan fingerprint density at radius 2 is 2.16 bits per heavy atom. The first kappa shape index (κ1) is 15.5. The average Bonchev–Trinajstić information content (AvgIpc) is 2.70. The lowest BCUT2D eigenvalue weighted by Gasteiger charge is -2.21. The molecule has 108 valence electrons. The quantitative estimate of drug-likeness (QED) is 0.737. The first-order valence-electron chi connectivity index (χ1n) is 6.63. The van der Waals surface area contributed by atoms with Crippen molar-refractivity contribution in [2.45, 2.75) is 46.6 Å². The van der Waals surface area contributed by atoms with Crippen LogP contribution >= 0.6 is 0 Å². The van der Waals surface area contributed by atoms with Crippen molar-refractivity contribution in [3.8, 4) is 0 Å². The van der Waals surface area contributed by atoms with Crippen molar-refractivity contribution in [3.63, 3.8) is 0 Å². The molecule has 0 spiro atoms. The third kappa shape index (κ3) is 4.24. The Kier molecular flexibility index (Phi) is 5.82. The van der Waals surface area contributed by atoms with Gasteiger partial charge in [-0.15, -0.1) is 0 Å². The maximum absolute atomic E-state index is 11.9. The maximum Gasteiger partial charge on any atom is 0.319 e. The van der Waals surface area contributed by atoms with Crippen molar-refractivity contribution in [1.82, 2.24) is 10.5 Å². The third-order valence-corrected chi connectivity index (χ3v) is 3.05. The molecule has 1 rings (SSSR count). The zero-order valence-corrected chi connectivity index (χ0v) is 12.0. The Morgan fingerprint density at radius 1 is 1.47 bits per heavy atom. The number of carbonyl (C=O) groups is 1. The lowest BCUT2D eigenvalue weighted by atomic mass is 10.0. The second-order valence-electron chi connectivity index (χ2n) is 4.88. The summed E-state index contributed by atoms with van der Waals surface area (Å²) in [5.74, 6) is 0.919. The number of urea groups is 1. The monoisotopic (exact) mass is 269 g/mol. The highest BCUT2D eigenvalue weighted by Gasteiger charge is 2.18. The molecule has 1 aromatic rings. The largest absolute Gasteiger partial charge is 0.396 e. The van der Waals surface area contributed by atoms with Gasteiger partial charge in [0.2, 0.25) is 0 Å². The lowest BCUT2D eigenvalue weighted by Crippen LogP contribution is -2.41. The minimum atomic E-state index is -0.298. The van der Waals surface area contributed by atoms with E-state index in [-0.39, 0.29) is 24.6 Å². The summed E-state index contributed by atoms with van der Waals surface area (Å²) in [4.78, 5) is 11.9. The van der Waals surface area contributed by atoms with Gasteiger partial charge in [-0.1, -0.05) is 25.9 Å². The van der Waals surface area contributed by atoms with Crippen molar-refractivity contribution in [2.24, 2.45) is 5.92 Å². The number of aliphatic hydroxyl groups excluding tert-OH is 1. The smallest absolute Gasteiger partial charge is 0.319 e. The number of hydrogen-bond donors (Lipinski definition) is 3. The van der Waals surface area contributed by atoms with E-state index in [2.05, 4.69) is 15.8 Å². The summed E-state index contributed by atoms with van der Waals surface area (Å²) >= 11 is 0. The molecule has 1 heterocycles. The van der Waals surface area contributed by atoms with E-state index in [1.165, 1.54) is 0 Å². The second-order valence-corrected chi connectivity index (χ2v) is 4.88. The maximum atomic E-state index is 11.9. The molecular weight excluding hydrogens is 246 g/mol. The summed E-state index contributed by atoms with van der Waals surface area (Å²) in [6, 6.07) is -0.358. The summed E-state index contributed by atoms with van der Waals surface area (Å²) < 4.78 is 5.11. The Labute approximate surface area is 113 Å². The molecule has 0 aliphatic rings. The molecule has 0 bridgehead atoms. The molecule has 3 N–H and O–H groups in total. The normalized spacial score (nSPS) is 12.5. The molecule has 0 aliphatic carbocycles. The molecule has 1 unspecified atom stereocenters. The summed E-state index contributed by atoms with van der Waals surface area (Å²) in [6.45, 7) is 7.78. The van der Waals surface area contributed by atoms with E-state index < -0.39 is 0 Å². The highest BCUT2D eigenvalue weighted by molar-refractivity contribution is 5.90. The molecule has 19 heavy (non-hydrogen) atoms. The minimum absolute atomic E-state index is 0.0512. The second kappa shape index (κ2) is 7.13. The van der Waals surface area contributed by atoms with Gasteiger partial charge in [-0.2, -0.15) is 0 Å². The Balaban J connectivity index is 2.66. The Morgan fingerprint density at radius 3 is 2.68 bits per heavy atom. The van der Waals surface area contributed by atoms with Gasteiger partial charge in [0.05, 0.1) is 0 Å². The highest BCUT2D eigenvalue weighted by Crippen LogP contribution is 2.20. The van der Waals surface area contributed by atoms with E-state index in [4.69, 9.17) is 9.63 Å².